The third-order valence-electron chi connectivity index (χ3n) is 3.74. The van der Waals surface area contributed by atoms with E-state index in [2.05, 4.69) is 0 Å². The van der Waals surface area contributed by atoms with Gasteiger partial charge < -0.3 is 14.4 Å². The molecule has 0 aliphatic carbocycles. The molecule has 1 fully saturated rings. The number of hydrogen-bond donors (Lipinski definition) is 0. The lowest BCUT2D eigenvalue weighted by Crippen LogP contribution is -2.40. The maximum atomic E-state index is 13.0. The van der Waals surface area contributed by atoms with Crippen LogP contribution in [-0.2, 0) is 14.3 Å². The van der Waals surface area contributed by atoms with E-state index in [4.69, 9.17) is 9.47 Å². The van der Waals surface area contributed by atoms with Gasteiger partial charge in [-0.2, -0.15) is 0 Å². The summed E-state index contributed by atoms with van der Waals surface area (Å²) in [6.45, 7) is 1.70. The largest absolute Gasteiger partial charge is 0.382 e. The molecule has 0 spiro atoms. The van der Waals surface area contributed by atoms with Crippen molar-refractivity contribution in [1.29, 1.82) is 0 Å². The standard InChI is InChI=1S/C16H22FNO3/c1-20-10-11-21-12-16(19)18-9-3-2-4-15(18)13-5-7-14(17)8-6-13/h5-8,15H,2-4,9-12H2,1H3. The minimum absolute atomic E-state index is 0.0138. The highest BCUT2D eigenvalue weighted by molar-refractivity contribution is 5.78. The third kappa shape index (κ3) is 4.51. The van der Waals surface area contributed by atoms with Gasteiger partial charge in [-0.3, -0.25) is 4.79 Å². The molecule has 1 amide bonds. The number of amides is 1. The fourth-order valence-corrected chi connectivity index (χ4v) is 2.65. The Kier molecular flexibility index (Phi) is 6.14. The van der Waals surface area contributed by atoms with Crippen LogP contribution in [0.3, 0.4) is 0 Å². The van der Waals surface area contributed by atoms with E-state index in [1.165, 1.54) is 12.1 Å². The first kappa shape index (κ1) is 15.9. The van der Waals surface area contributed by atoms with Crippen LogP contribution in [0.25, 0.3) is 0 Å². The van der Waals surface area contributed by atoms with E-state index in [9.17, 15) is 9.18 Å². The summed E-state index contributed by atoms with van der Waals surface area (Å²) in [6.07, 6.45) is 2.99. The molecule has 1 aliphatic heterocycles. The summed E-state index contributed by atoms with van der Waals surface area (Å²) in [6, 6.07) is 6.44. The van der Waals surface area contributed by atoms with Gasteiger partial charge in [-0.1, -0.05) is 12.1 Å². The lowest BCUT2D eigenvalue weighted by atomic mass is 9.95. The van der Waals surface area contributed by atoms with Crippen molar-refractivity contribution in [2.75, 3.05) is 33.5 Å². The van der Waals surface area contributed by atoms with E-state index in [0.29, 0.717) is 13.2 Å². The summed E-state index contributed by atoms with van der Waals surface area (Å²) in [4.78, 5) is 14.1. The average Bonchev–Trinajstić information content (AvgIpc) is 2.52. The van der Waals surface area contributed by atoms with Crippen molar-refractivity contribution >= 4 is 5.91 Å². The lowest BCUT2D eigenvalue weighted by Gasteiger charge is -2.36. The van der Waals surface area contributed by atoms with Gasteiger partial charge in [-0.25, -0.2) is 4.39 Å². The van der Waals surface area contributed by atoms with Gasteiger partial charge in [0.15, 0.2) is 0 Å². The Balaban J connectivity index is 1.98. The maximum Gasteiger partial charge on any atom is 0.249 e. The Morgan fingerprint density at radius 3 is 2.76 bits per heavy atom. The number of carbonyl (C=O) groups is 1. The topological polar surface area (TPSA) is 38.8 Å². The number of nitrogens with zero attached hydrogens (tertiary/aromatic N) is 1. The molecule has 5 heteroatoms. The van der Waals surface area contributed by atoms with Crippen LogP contribution in [0.4, 0.5) is 4.39 Å². The lowest BCUT2D eigenvalue weighted by molar-refractivity contribution is -0.140. The van der Waals surface area contributed by atoms with Crippen LogP contribution in [-0.4, -0.2) is 44.3 Å². The van der Waals surface area contributed by atoms with E-state index in [-0.39, 0.29) is 24.4 Å². The Morgan fingerprint density at radius 1 is 1.29 bits per heavy atom. The molecule has 0 radical (unpaired) electrons. The van der Waals surface area contributed by atoms with Crippen LogP contribution in [0.15, 0.2) is 24.3 Å². The van der Waals surface area contributed by atoms with Crippen LogP contribution in [0.1, 0.15) is 30.9 Å². The number of halogens is 1. The molecule has 116 valence electrons. The van der Waals surface area contributed by atoms with E-state index in [0.717, 1.165) is 31.4 Å². The molecular formula is C16H22FNO3. The number of hydrogen-bond acceptors (Lipinski definition) is 3. The van der Waals surface area contributed by atoms with Crippen LogP contribution < -0.4 is 0 Å². The fraction of sp³-hybridized carbons (Fsp3) is 0.562. The summed E-state index contributed by atoms with van der Waals surface area (Å²) in [5, 5.41) is 0. The normalized spacial score (nSPS) is 18.8. The fourth-order valence-electron chi connectivity index (χ4n) is 2.65. The minimum atomic E-state index is -0.254. The van der Waals surface area contributed by atoms with Gasteiger partial charge in [-0.05, 0) is 37.0 Å². The van der Waals surface area contributed by atoms with E-state index < -0.39 is 0 Å². The Labute approximate surface area is 124 Å². The molecule has 1 aromatic carbocycles. The Hall–Kier alpha value is -1.46. The summed E-state index contributed by atoms with van der Waals surface area (Å²) >= 11 is 0. The zero-order valence-corrected chi connectivity index (χ0v) is 12.4. The highest BCUT2D eigenvalue weighted by atomic mass is 19.1. The molecule has 1 unspecified atom stereocenters. The third-order valence-corrected chi connectivity index (χ3v) is 3.74. The second kappa shape index (κ2) is 8.10. The Bertz CT molecular complexity index is 449. The van der Waals surface area contributed by atoms with E-state index in [1.54, 1.807) is 19.2 Å². The van der Waals surface area contributed by atoms with Crippen LogP contribution in [0, 0.1) is 5.82 Å². The summed E-state index contributed by atoms with van der Waals surface area (Å²) in [7, 11) is 1.60. The zero-order chi connectivity index (χ0) is 15.1. The molecule has 2 rings (SSSR count). The predicted molar refractivity (Wildman–Crippen MR) is 77.4 cm³/mol. The molecule has 1 heterocycles. The molecule has 0 aromatic heterocycles. The predicted octanol–water partition coefficient (Wildman–Crippen LogP) is 2.54. The molecule has 1 atom stereocenters. The molecule has 4 nitrogen and oxygen atoms in total. The molecule has 0 saturated carbocycles. The van der Waals surface area contributed by atoms with Crippen LogP contribution in [0.2, 0.25) is 0 Å². The number of piperidine rings is 1. The second-order valence-electron chi connectivity index (χ2n) is 5.20. The number of likely N-dealkylation sites (tertiary alicyclic amines) is 1. The zero-order valence-electron chi connectivity index (χ0n) is 12.4. The number of carbonyl (C=O) groups excluding carboxylic acids is 1. The smallest absolute Gasteiger partial charge is 0.249 e. The number of ether oxygens (including phenoxy) is 2. The SMILES string of the molecule is COCCOCC(=O)N1CCCCC1c1ccc(F)cc1. The number of rotatable bonds is 6. The van der Waals surface area contributed by atoms with Gasteiger partial charge in [0.05, 0.1) is 19.3 Å². The summed E-state index contributed by atoms with van der Waals surface area (Å²) in [5.41, 5.74) is 0.987. The van der Waals surface area contributed by atoms with Crippen LogP contribution in [0.5, 0.6) is 0 Å². The highest BCUT2D eigenvalue weighted by Crippen LogP contribution is 2.31. The van der Waals surface area contributed by atoms with Gasteiger partial charge in [0.25, 0.3) is 0 Å². The van der Waals surface area contributed by atoms with Gasteiger partial charge in [0.2, 0.25) is 5.91 Å². The van der Waals surface area contributed by atoms with Crippen molar-refractivity contribution < 1.29 is 18.7 Å². The van der Waals surface area contributed by atoms with E-state index in [1.807, 2.05) is 4.90 Å². The number of benzene rings is 1. The van der Waals surface area contributed by atoms with Crippen molar-refractivity contribution in [3.05, 3.63) is 35.6 Å². The quantitative estimate of drug-likeness (QED) is 0.757. The van der Waals surface area contributed by atoms with Gasteiger partial charge in [0, 0.05) is 13.7 Å². The molecule has 21 heavy (non-hydrogen) atoms. The molecule has 0 bridgehead atoms. The molecule has 1 aliphatic rings. The first-order chi connectivity index (χ1) is 10.2. The van der Waals surface area contributed by atoms with E-state index >= 15 is 0 Å². The number of methoxy groups -OCH3 is 1. The molecule has 1 aromatic rings. The van der Waals surface area contributed by atoms with Gasteiger partial charge in [-0.15, -0.1) is 0 Å². The molecule has 0 N–H and O–H groups in total. The van der Waals surface area contributed by atoms with Gasteiger partial charge >= 0.3 is 0 Å². The first-order valence-electron chi connectivity index (χ1n) is 7.34. The molecular weight excluding hydrogens is 273 g/mol. The maximum absolute atomic E-state index is 13.0. The van der Waals surface area contributed by atoms with Gasteiger partial charge in [0.1, 0.15) is 12.4 Å². The summed E-state index contributed by atoms with van der Waals surface area (Å²) in [5.74, 6) is -0.268. The van der Waals surface area contributed by atoms with Crippen molar-refractivity contribution in [3.8, 4) is 0 Å². The highest BCUT2D eigenvalue weighted by Gasteiger charge is 2.27. The van der Waals surface area contributed by atoms with Crippen LogP contribution >= 0.6 is 0 Å². The average molecular weight is 295 g/mol. The van der Waals surface area contributed by atoms with Crippen molar-refractivity contribution in [1.82, 2.24) is 4.90 Å². The van der Waals surface area contributed by atoms with Crippen molar-refractivity contribution in [2.45, 2.75) is 25.3 Å². The van der Waals surface area contributed by atoms with Crippen molar-refractivity contribution in [2.24, 2.45) is 0 Å². The first-order valence-corrected chi connectivity index (χ1v) is 7.34. The summed E-state index contributed by atoms with van der Waals surface area (Å²) < 4.78 is 23.2. The van der Waals surface area contributed by atoms with Crippen molar-refractivity contribution in [3.63, 3.8) is 0 Å². The second-order valence-corrected chi connectivity index (χ2v) is 5.20. The minimum Gasteiger partial charge on any atom is -0.382 e. The monoisotopic (exact) mass is 295 g/mol. The molecule has 1 saturated heterocycles. The Morgan fingerprint density at radius 2 is 2.05 bits per heavy atom.